The molecule has 0 saturated carbocycles. The highest BCUT2D eigenvalue weighted by molar-refractivity contribution is 5.69. The first-order valence-corrected chi connectivity index (χ1v) is 4.47. The molecule has 0 bridgehead atoms. The van der Waals surface area contributed by atoms with Crippen molar-refractivity contribution in [2.45, 2.75) is 13.0 Å². The van der Waals surface area contributed by atoms with Gasteiger partial charge in [-0.15, -0.1) is 0 Å². The zero-order valence-electron chi connectivity index (χ0n) is 7.71. The number of nitrogens with two attached hydrogens (primary N) is 1. The van der Waals surface area contributed by atoms with Gasteiger partial charge in [0.1, 0.15) is 0 Å². The van der Waals surface area contributed by atoms with E-state index in [1.54, 1.807) is 12.5 Å². The molecule has 0 aromatic carbocycles. The second-order valence-corrected chi connectivity index (χ2v) is 3.46. The van der Waals surface area contributed by atoms with Crippen LogP contribution in [0.25, 0.3) is 5.57 Å². The van der Waals surface area contributed by atoms with Gasteiger partial charge in [-0.05, 0) is 18.1 Å². The van der Waals surface area contributed by atoms with Crippen LogP contribution < -0.4 is 11.1 Å². The minimum Gasteiger partial charge on any atom is -0.472 e. The fraction of sp³-hybridized carbons (Fsp3) is 0.400. The van der Waals surface area contributed by atoms with Crippen LogP contribution in [0, 0.1) is 6.92 Å². The third-order valence-electron chi connectivity index (χ3n) is 2.31. The summed E-state index contributed by atoms with van der Waals surface area (Å²) in [7, 11) is 0. The summed E-state index contributed by atoms with van der Waals surface area (Å²) >= 11 is 0. The maximum absolute atomic E-state index is 5.81. The number of furan rings is 1. The van der Waals surface area contributed by atoms with Crippen molar-refractivity contribution in [1.82, 2.24) is 5.32 Å². The summed E-state index contributed by atoms with van der Waals surface area (Å²) < 4.78 is 5.12. The van der Waals surface area contributed by atoms with E-state index < -0.39 is 0 Å². The average molecular weight is 178 g/mol. The van der Waals surface area contributed by atoms with E-state index in [2.05, 4.69) is 11.4 Å². The topological polar surface area (TPSA) is 51.2 Å². The molecule has 1 aliphatic rings. The molecule has 0 fully saturated rings. The Morgan fingerprint density at radius 3 is 3.00 bits per heavy atom. The van der Waals surface area contributed by atoms with Gasteiger partial charge in [0.15, 0.2) is 0 Å². The van der Waals surface area contributed by atoms with Crippen molar-refractivity contribution in [2.75, 3.05) is 13.1 Å². The minimum atomic E-state index is 0.123. The van der Waals surface area contributed by atoms with E-state index in [0.717, 1.165) is 13.1 Å². The first-order valence-electron chi connectivity index (χ1n) is 4.47. The van der Waals surface area contributed by atoms with Crippen LogP contribution >= 0.6 is 0 Å². The van der Waals surface area contributed by atoms with Crippen molar-refractivity contribution in [1.29, 1.82) is 0 Å². The molecule has 0 radical (unpaired) electrons. The van der Waals surface area contributed by atoms with Crippen molar-refractivity contribution in [3.63, 3.8) is 0 Å². The molecule has 2 heterocycles. The first kappa shape index (κ1) is 8.53. The monoisotopic (exact) mass is 178 g/mol. The lowest BCUT2D eigenvalue weighted by atomic mass is 10.0. The fourth-order valence-corrected chi connectivity index (χ4v) is 1.62. The molecule has 1 aliphatic heterocycles. The number of hydrogen-bond acceptors (Lipinski definition) is 3. The van der Waals surface area contributed by atoms with Gasteiger partial charge in [-0.1, -0.05) is 6.08 Å². The Bertz CT molecular complexity index is 327. The van der Waals surface area contributed by atoms with E-state index in [0.29, 0.717) is 0 Å². The molecule has 3 nitrogen and oxygen atoms in total. The Morgan fingerprint density at radius 2 is 2.38 bits per heavy atom. The molecule has 1 aromatic rings. The Kier molecular flexibility index (Phi) is 2.20. The summed E-state index contributed by atoms with van der Waals surface area (Å²) in [6, 6.07) is 0.123. The molecule has 13 heavy (non-hydrogen) atoms. The lowest BCUT2D eigenvalue weighted by Gasteiger charge is -2.18. The van der Waals surface area contributed by atoms with Gasteiger partial charge in [0, 0.05) is 24.7 Å². The van der Waals surface area contributed by atoms with E-state index in [-0.39, 0.29) is 6.04 Å². The maximum Gasteiger partial charge on any atom is 0.0980 e. The maximum atomic E-state index is 5.81. The van der Waals surface area contributed by atoms with Gasteiger partial charge in [-0.3, -0.25) is 0 Å². The number of nitrogens with one attached hydrogen (secondary N) is 1. The van der Waals surface area contributed by atoms with Crippen LogP contribution in [0.3, 0.4) is 0 Å². The highest BCUT2D eigenvalue weighted by Crippen LogP contribution is 2.20. The van der Waals surface area contributed by atoms with Gasteiger partial charge < -0.3 is 15.5 Å². The van der Waals surface area contributed by atoms with Crippen molar-refractivity contribution >= 4 is 5.57 Å². The van der Waals surface area contributed by atoms with Gasteiger partial charge >= 0.3 is 0 Å². The molecule has 2 rings (SSSR count). The lowest BCUT2D eigenvalue weighted by molar-refractivity contribution is 0.564. The molecule has 1 aromatic heterocycles. The van der Waals surface area contributed by atoms with E-state index >= 15 is 0 Å². The molecule has 70 valence electrons. The summed E-state index contributed by atoms with van der Waals surface area (Å²) in [4.78, 5) is 0. The Morgan fingerprint density at radius 1 is 1.54 bits per heavy atom. The van der Waals surface area contributed by atoms with Crippen LogP contribution in [0.4, 0.5) is 0 Å². The second kappa shape index (κ2) is 3.36. The van der Waals surface area contributed by atoms with Crippen LogP contribution in [0.15, 0.2) is 23.0 Å². The zero-order valence-corrected chi connectivity index (χ0v) is 7.71. The number of hydrogen-bond donors (Lipinski definition) is 2. The normalized spacial score (nSPS) is 22.9. The molecular weight excluding hydrogens is 164 g/mol. The molecule has 0 aliphatic carbocycles. The van der Waals surface area contributed by atoms with Crippen LogP contribution in [-0.4, -0.2) is 19.1 Å². The second-order valence-electron chi connectivity index (χ2n) is 3.46. The first-order chi connectivity index (χ1) is 6.27. The summed E-state index contributed by atoms with van der Waals surface area (Å²) in [5.41, 5.74) is 9.39. The molecular formula is C10H14N2O. The minimum absolute atomic E-state index is 0.123. The number of aryl methyl sites for hydroxylation is 1. The predicted octanol–water partition coefficient (Wildman–Crippen LogP) is 0.902. The average Bonchev–Trinajstić information content (AvgIpc) is 2.51. The Labute approximate surface area is 77.6 Å². The molecule has 3 N–H and O–H groups in total. The predicted molar refractivity (Wildman–Crippen MR) is 52.3 cm³/mol. The standard InChI is InChI=1S/C10H14N2O/c1-7-5-13-6-10(7)8-2-9(11)4-12-3-8/h2,5-6,9,12H,3-4,11H2,1H3. The van der Waals surface area contributed by atoms with Crippen LogP contribution in [0.2, 0.25) is 0 Å². The van der Waals surface area contributed by atoms with Crippen LogP contribution in [0.5, 0.6) is 0 Å². The molecule has 1 atom stereocenters. The van der Waals surface area contributed by atoms with E-state index in [4.69, 9.17) is 10.2 Å². The Balaban J connectivity index is 2.30. The van der Waals surface area contributed by atoms with Crippen molar-refractivity contribution in [3.8, 4) is 0 Å². The summed E-state index contributed by atoms with van der Waals surface area (Å²) in [6.45, 7) is 3.79. The quantitative estimate of drug-likeness (QED) is 0.671. The van der Waals surface area contributed by atoms with Gasteiger partial charge in [-0.2, -0.15) is 0 Å². The van der Waals surface area contributed by atoms with E-state index in [1.165, 1.54) is 16.7 Å². The number of rotatable bonds is 1. The Hall–Kier alpha value is -1.06. The third-order valence-corrected chi connectivity index (χ3v) is 2.31. The molecule has 3 heteroatoms. The van der Waals surface area contributed by atoms with Crippen molar-refractivity contribution in [3.05, 3.63) is 29.7 Å². The van der Waals surface area contributed by atoms with Gasteiger partial charge in [-0.25, -0.2) is 0 Å². The SMILES string of the molecule is Cc1cocc1C1=CC(N)CNC1. The highest BCUT2D eigenvalue weighted by Gasteiger charge is 2.13. The largest absolute Gasteiger partial charge is 0.472 e. The lowest BCUT2D eigenvalue weighted by Crippen LogP contribution is -2.37. The van der Waals surface area contributed by atoms with Gasteiger partial charge in [0.2, 0.25) is 0 Å². The smallest absolute Gasteiger partial charge is 0.0980 e. The van der Waals surface area contributed by atoms with E-state index in [9.17, 15) is 0 Å². The molecule has 0 spiro atoms. The highest BCUT2D eigenvalue weighted by atomic mass is 16.3. The third kappa shape index (κ3) is 1.66. The van der Waals surface area contributed by atoms with Crippen LogP contribution in [-0.2, 0) is 0 Å². The summed E-state index contributed by atoms with van der Waals surface area (Å²) in [6.07, 6.45) is 5.64. The van der Waals surface area contributed by atoms with Crippen LogP contribution in [0.1, 0.15) is 11.1 Å². The van der Waals surface area contributed by atoms with Crippen molar-refractivity contribution < 1.29 is 4.42 Å². The van der Waals surface area contributed by atoms with Crippen molar-refractivity contribution in [2.24, 2.45) is 5.73 Å². The zero-order chi connectivity index (χ0) is 9.26. The van der Waals surface area contributed by atoms with E-state index in [1.807, 2.05) is 6.92 Å². The van der Waals surface area contributed by atoms with Gasteiger partial charge in [0.25, 0.3) is 0 Å². The molecule has 1 unspecified atom stereocenters. The van der Waals surface area contributed by atoms with Gasteiger partial charge in [0.05, 0.1) is 12.5 Å². The summed E-state index contributed by atoms with van der Waals surface area (Å²) in [5, 5.41) is 3.27. The molecule has 0 amide bonds. The summed E-state index contributed by atoms with van der Waals surface area (Å²) in [5.74, 6) is 0. The molecule has 0 saturated heterocycles. The fourth-order valence-electron chi connectivity index (χ4n) is 1.62.